The lowest BCUT2D eigenvalue weighted by atomic mass is 10.1. The van der Waals surface area contributed by atoms with Crippen LogP contribution in [-0.2, 0) is 0 Å². The van der Waals surface area contributed by atoms with Gasteiger partial charge in [-0.3, -0.25) is 9.89 Å². The lowest BCUT2D eigenvalue weighted by Crippen LogP contribution is -2.27. The Labute approximate surface area is 120 Å². The maximum Gasteiger partial charge on any atom is 0.290 e. The standard InChI is InChI=1S/C14H13N5O2/c1-9(13-15-8-16-18-13)17-14(20)12-7-11(19-21-12)10-5-3-2-4-6-10/h2-9H,1H3,(H,17,20)(H,15,16,18). The first kappa shape index (κ1) is 13.0. The van der Waals surface area contributed by atoms with E-state index in [1.807, 2.05) is 30.3 Å². The van der Waals surface area contributed by atoms with Gasteiger partial charge in [-0.15, -0.1) is 0 Å². The molecule has 0 spiro atoms. The first-order chi connectivity index (χ1) is 10.2. The van der Waals surface area contributed by atoms with Crippen LogP contribution in [0.5, 0.6) is 0 Å². The first-order valence-electron chi connectivity index (χ1n) is 6.42. The third-order valence-electron chi connectivity index (χ3n) is 2.99. The van der Waals surface area contributed by atoms with E-state index in [4.69, 9.17) is 4.52 Å². The quantitative estimate of drug-likeness (QED) is 0.762. The number of carbonyl (C=O) groups is 1. The summed E-state index contributed by atoms with van der Waals surface area (Å²) in [5.41, 5.74) is 1.51. The predicted molar refractivity (Wildman–Crippen MR) is 74.2 cm³/mol. The maximum atomic E-state index is 12.1. The zero-order valence-electron chi connectivity index (χ0n) is 11.3. The number of nitrogens with zero attached hydrogens (tertiary/aromatic N) is 3. The van der Waals surface area contributed by atoms with E-state index in [1.165, 1.54) is 6.33 Å². The van der Waals surface area contributed by atoms with Gasteiger partial charge in [-0.1, -0.05) is 35.5 Å². The molecule has 0 saturated heterocycles. The van der Waals surface area contributed by atoms with E-state index in [0.29, 0.717) is 11.5 Å². The van der Waals surface area contributed by atoms with Crippen molar-refractivity contribution < 1.29 is 9.32 Å². The topological polar surface area (TPSA) is 96.7 Å². The molecule has 0 radical (unpaired) electrons. The molecule has 3 rings (SSSR count). The summed E-state index contributed by atoms with van der Waals surface area (Å²) in [6, 6.07) is 10.8. The zero-order valence-corrected chi connectivity index (χ0v) is 11.3. The average molecular weight is 283 g/mol. The van der Waals surface area contributed by atoms with Gasteiger partial charge < -0.3 is 9.84 Å². The number of aromatic amines is 1. The van der Waals surface area contributed by atoms with Crippen LogP contribution in [0.25, 0.3) is 11.3 Å². The van der Waals surface area contributed by atoms with Crippen LogP contribution < -0.4 is 5.32 Å². The highest BCUT2D eigenvalue weighted by atomic mass is 16.5. The Morgan fingerprint density at radius 1 is 1.33 bits per heavy atom. The monoisotopic (exact) mass is 283 g/mol. The molecule has 1 aromatic carbocycles. The van der Waals surface area contributed by atoms with E-state index in [9.17, 15) is 4.79 Å². The molecule has 7 nitrogen and oxygen atoms in total. The van der Waals surface area contributed by atoms with E-state index in [1.54, 1.807) is 13.0 Å². The molecule has 1 atom stereocenters. The van der Waals surface area contributed by atoms with Crippen LogP contribution in [0.1, 0.15) is 29.3 Å². The van der Waals surface area contributed by atoms with E-state index < -0.39 is 0 Å². The van der Waals surface area contributed by atoms with Crippen LogP contribution in [0.2, 0.25) is 0 Å². The number of aromatic nitrogens is 4. The van der Waals surface area contributed by atoms with Crippen LogP contribution in [-0.4, -0.2) is 26.2 Å². The van der Waals surface area contributed by atoms with Gasteiger partial charge in [0, 0.05) is 11.6 Å². The Morgan fingerprint density at radius 2 is 2.14 bits per heavy atom. The third kappa shape index (κ3) is 2.81. The molecule has 106 valence electrons. The highest BCUT2D eigenvalue weighted by molar-refractivity contribution is 5.92. The van der Waals surface area contributed by atoms with E-state index in [0.717, 1.165) is 5.56 Å². The van der Waals surface area contributed by atoms with Crippen molar-refractivity contribution in [3.63, 3.8) is 0 Å². The van der Waals surface area contributed by atoms with Gasteiger partial charge in [0.15, 0.2) is 0 Å². The lowest BCUT2D eigenvalue weighted by Gasteiger charge is -2.08. The summed E-state index contributed by atoms with van der Waals surface area (Å²) in [6.07, 6.45) is 1.39. The third-order valence-corrected chi connectivity index (χ3v) is 2.99. The molecule has 2 aromatic heterocycles. The SMILES string of the molecule is CC(NC(=O)c1cc(-c2ccccc2)no1)c1ncn[nH]1. The van der Waals surface area contributed by atoms with Crippen molar-refractivity contribution in [2.75, 3.05) is 0 Å². The maximum absolute atomic E-state index is 12.1. The Bertz CT molecular complexity index is 721. The number of H-pyrrole nitrogens is 1. The fourth-order valence-corrected chi connectivity index (χ4v) is 1.89. The second kappa shape index (κ2) is 5.58. The lowest BCUT2D eigenvalue weighted by molar-refractivity contribution is 0.0901. The molecule has 21 heavy (non-hydrogen) atoms. The molecular formula is C14H13N5O2. The second-order valence-electron chi connectivity index (χ2n) is 4.51. The van der Waals surface area contributed by atoms with Gasteiger partial charge in [-0.05, 0) is 6.92 Å². The smallest absolute Gasteiger partial charge is 0.290 e. The minimum Gasteiger partial charge on any atom is -0.350 e. The number of rotatable bonds is 4. The predicted octanol–water partition coefficient (Wildman–Crippen LogP) is 1.95. The highest BCUT2D eigenvalue weighted by Crippen LogP contribution is 2.18. The van der Waals surface area contributed by atoms with Crippen LogP contribution in [0.3, 0.4) is 0 Å². The Morgan fingerprint density at radius 3 is 2.86 bits per heavy atom. The van der Waals surface area contributed by atoms with Crippen molar-refractivity contribution in [2.45, 2.75) is 13.0 Å². The molecule has 7 heteroatoms. The number of benzene rings is 1. The van der Waals surface area contributed by atoms with Crippen molar-refractivity contribution in [1.82, 2.24) is 25.7 Å². The van der Waals surface area contributed by atoms with Crippen LogP contribution in [0, 0.1) is 0 Å². The molecule has 0 bridgehead atoms. The molecule has 3 aromatic rings. The molecule has 2 N–H and O–H groups in total. The zero-order chi connectivity index (χ0) is 14.7. The summed E-state index contributed by atoms with van der Waals surface area (Å²) in [5.74, 6) is 0.375. The molecule has 0 aliphatic carbocycles. The number of hydrogen-bond acceptors (Lipinski definition) is 5. The van der Waals surface area contributed by atoms with Gasteiger partial charge in [-0.25, -0.2) is 4.98 Å². The summed E-state index contributed by atoms with van der Waals surface area (Å²) in [6.45, 7) is 1.80. The summed E-state index contributed by atoms with van der Waals surface area (Å²) in [5, 5.41) is 13.1. The number of carbonyl (C=O) groups excluding carboxylic acids is 1. The van der Waals surface area contributed by atoms with Gasteiger partial charge in [0.1, 0.15) is 17.8 Å². The largest absolute Gasteiger partial charge is 0.350 e. The highest BCUT2D eigenvalue weighted by Gasteiger charge is 2.18. The van der Waals surface area contributed by atoms with Crippen molar-refractivity contribution in [1.29, 1.82) is 0 Å². The average Bonchev–Trinajstić information content (AvgIpc) is 3.20. The molecule has 1 unspecified atom stereocenters. The minimum atomic E-state index is -0.353. The van der Waals surface area contributed by atoms with Crippen LogP contribution >= 0.6 is 0 Å². The summed E-state index contributed by atoms with van der Waals surface area (Å²) < 4.78 is 5.09. The number of nitrogens with one attached hydrogen (secondary N) is 2. The number of amides is 1. The van der Waals surface area contributed by atoms with Crippen LogP contribution in [0.4, 0.5) is 0 Å². The molecular weight excluding hydrogens is 270 g/mol. The molecule has 0 fully saturated rings. The normalized spacial score (nSPS) is 12.0. The van der Waals surface area contributed by atoms with E-state index in [-0.39, 0.29) is 17.7 Å². The van der Waals surface area contributed by atoms with Crippen molar-refractivity contribution >= 4 is 5.91 Å². The minimum absolute atomic E-state index is 0.153. The fourth-order valence-electron chi connectivity index (χ4n) is 1.89. The Hall–Kier alpha value is -2.96. The van der Waals surface area contributed by atoms with Gasteiger partial charge in [0.2, 0.25) is 5.76 Å². The van der Waals surface area contributed by atoms with E-state index >= 15 is 0 Å². The molecule has 0 aliphatic heterocycles. The summed E-state index contributed by atoms with van der Waals surface area (Å²) in [4.78, 5) is 16.1. The van der Waals surface area contributed by atoms with Gasteiger partial charge in [0.05, 0.1) is 6.04 Å². The van der Waals surface area contributed by atoms with E-state index in [2.05, 4.69) is 25.7 Å². The first-order valence-corrected chi connectivity index (χ1v) is 6.42. The van der Waals surface area contributed by atoms with Crippen molar-refractivity contribution in [2.24, 2.45) is 0 Å². The second-order valence-corrected chi connectivity index (χ2v) is 4.51. The van der Waals surface area contributed by atoms with Crippen LogP contribution in [0.15, 0.2) is 47.2 Å². The van der Waals surface area contributed by atoms with Crippen molar-refractivity contribution in [3.05, 3.63) is 54.3 Å². The van der Waals surface area contributed by atoms with Gasteiger partial charge >= 0.3 is 0 Å². The molecule has 1 amide bonds. The van der Waals surface area contributed by atoms with Gasteiger partial charge in [-0.2, -0.15) is 5.10 Å². The number of hydrogen-bond donors (Lipinski definition) is 2. The fraction of sp³-hybridized carbons (Fsp3) is 0.143. The molecule has 0 aliphatic rings. The molecule has 2 heterocycles. The summed E-state index contributed by atoms with van der Waals surface area (Å²) in [7, 11) is 0. The Balaban J connectivity index is 1.73. The van der Waals surface area contributed by atoms with Gasteiger partial charge in [0.25, 0.3) is 5.91 Å². The van der Waals surface area contributed by atoms with Crippen molar-refractivity contribution in [3.8, 4) is 11.3 Å². The Kier molecular flexibility index (Phi) is 3.46. The summed E-state index contributed by atoms with van der Waals surface area (Å²) >= 11 is 0. The molecule has 0 saturated carbocycles.